The number of methoxy groups -OCH3 is 1. The van der Waals surface area contributed by atoms with E-state index in [9.17, 15) is 14.7 Å². The molecule has 0 heterocycles. The molecule has 0 aliphatic carbocycles. The summed E-state index contributed by atoms with van der Waals surface area (Å²) in [7, 11) is 1.20. The average molecular weight is 223 g/mol. The number of benzene rings is 1. The Morgan fingerprint density at radius 2 is 2.00 bits per heavy atom. The molecule has 16 heavy (non-hydrogen) atoms. The molecule has 0 aromatic heterocycles. The van der Waals surface area contributed by atoms with Crippen LogP contribution in [0.15, 0.2) is 30.3 Å². The third-order valence-corrected chi connectivity index (χ3v) is 1.93. The molecule has 86 valence electrons. The van der Waals surface area contributed by atoms with Gasteiger partial charge in [-0.15, -0.1) is 0 Å². The van der Waals surface area contributed by atoms with Crippen LogP contribution in [0.5, 0.6) is 0 Å². The lowest BCUT2D eigenvalue weighted by molar-refractivity contribution is -0.145. The summed E-state index contributed by atoms with van der Waals surface area (Å²) in [6.45, 7) is 0. The number of amides is 1. The van der Waals surface area contributed by atoms with E-state index < -0.39 is 18.0 Å². The molecule has 1 rings (SSSR count). The molecule has 0 fully saturated rings. The zero-order chi connectivity index (χ0) is 12.0. The Balaban J connectivity index is 2.49. The molecule has 2 N–H and O–H groups in total. The minimum absolute atomic E-state index is 0.352. The summed E-state index contributed by atoms with van der Waals surface area (Å²) in [5.74, 6) is -1.26. The number of esters is 1. The van der Waals surface area contributed by atoms with Crippen LogP contribution >= 0.6 is 0 Å². The number of carbonyl (C=O) groups excluding carboxylic acids is 2. The van der Waals surface area contributed by atoms with Crippen LogP contribution < -0.4 is 5.32 Å². The van der Waals surface area contributed by atoms with Crippen LogP contribution in [0.25, 0.3) is 0 Å². The number of aliphatic hydroxyl groups excluding tert-OH is 1. The summed E-state index contributed by atoms with van der Waals surface area (Å²) in [4.78, 5) is 22.2. The molecule has 1 aromatic carbocycles. The van der Waals surface area contributed by atoms with E-state index in [2.05, 4.69) is 10.1 Å². The number of hydrogen-bond acceptors (Lipinski definition) is 4. The van der Waals surface area contributed by atoms with Gasteiger partial charge in [0.25, 0.3) is 5.91 Å². The van der Waals surface area contributed by atoms with Gasteiger partial charge in [0, 0.05) is 5.69 Å². The first kappa shape index (κ1) is 12.2. The van der Waals surface area contributed by atoms with E-state index in [1.807, 2.05) is 0 Å². The molecule has 0 aliphatic rings. The standard InChI is InChI=1S/C11H13NO4/c1-16-10(14)7-9(13)11(15)12-8-5-3-2-4-6-8/h2-6,9,13H,7H2,1H3,(H,12,15)/t9-/m1/s1. The number of rotatable bonds is 4. The Bertz CT molecular complexity index is 364. The van der Waals surface area contributed by atoms with Crippen molar-refractivity contribution < 1.29 is 19.4 Å². The molecule has 5 heteroatoms. The van der Waals surface area contributed by atoms with E-state index in [1.165, 1.54) is 7.11 Å². The Kier molecular flexibility index (Phi) is 4.47. The van der Waals surface area contributed by atoms with Crippen LogP contribution in [-0.2, 0) is 14.3 Å². The van der Waals surface area contributed by atoms with Gasteiger partial charge in [-0.2, -0.15) is 0 Å². The summed E-state index contributed by atoms with van der Waals surface area (Å²) in [5, 5.41) is 11.8. The fourth-order valence-corrected chi connectivity index (χ4v) is 1.08. The quantitative estimate of drug-likeness (QED) is 0.731. The zero-order valence-electron chi connectivity index (χ0n) is 8.84. The minimum Gasteiger partial charge on any atom is -0.469 e. The lowest BCUT2D eigenvalue weighted by Crippen LogP contribution is -2.30. The molecule has 0 aliphatic heterocycles. The van der Waals surface area contributed by atoms with Gasteiger partial charge in [0.15, 0.2) is 0 Å². The van der Waals surface area contributed by atoms with Gasteiger partial charge in [-0.25, -0.2) is 0 Å². The third kappa shape index (κ3) is 3.70. The number of ether oxygens (including phenoxy) is 1. The fourth-order valence-electron chi connectivity index (χ4n) is 1.08. The summed E-state index contributed by atoms with van der Waals surface area (Å²) in [6.07, 6.45) is -1.75. The highest BCUT2D eigenvalue weighted by molar-refractivity contribution is 5.95. The molecule has 0 saturated heterocycles. The first-order valence-electron chi connectivity index (χ1n) is 4.74. The summed E-state index contributed by atoms with van der Waals surface area (Å²) < 4.78 is 4.34. The predicted molar refractivity (Wildman–Crippen MR) is 57.7 cm³/mol. The highest BCUT2D eigenvalue weighted by atomic mass is 16.5. The largest absolute Gasteiger partial charge is 0.469 e. The van der Waals surface area contributed by atoms with Crippen molar-refractivity contribution in [3.8, 4) is 0 Å². The lowest BCUT2D eigenvalue weighted by Gasteiger charge is -2.09. The van der Waals surface area contributed by atoms with E-state index in [0.29, 0.717) is 5.69 Å². The second kappa shape index (κ2) is 5.87. The smallest absolute Gasteiger partial charge is 0.308 e. The van der Waals surface area contributed by atoms with Crippen molar-refractivity contribution in [3.05, 3.63) is 30.3 Å². The normalized spacial score (nSPS) is 11.6. The van der Waals surface area contributed by atoms with E-state index in [0.717, 1.165) is 0 Å². The molecular weight excluding hydrogens is 210 g/mol. The number of hydrogen-bond donors (Lipinski definition) is 2. The predicted octanol–water partition coefficient (Wildman–Crippen LogP) is 0.549. The SMILES string of the molecule is COC(=O)C[C@@H](O)C(=O)Nc1ccccc1. The molecule has 1 amide bonds. The van der Waals surface area contributed by atoms with Gasteiger partial charge in [0.05, 0.1) is 13.5 Å². The monoisotopic (exact) mass is 223 g/mol. The van der Waals surface area contributed by atoms with E-state index in [4.69, 9.17) is 0 Å². The van der Waals surface area contributed by atoms with Gasteiger partial charge in [0.1, 0.15) is 6.10 Å². The molecule has 1 atom stereocenters. The third-order valence-electron chi connectivity index (χ3n) is 1.93. The molecule has 1 aromatic rings. The maximum atomic E-state index is 11.4. The van der Waals surface area contributed by atoms with Gasteiger partial charge in [-0.05, 0) is 12.1 Å². The summed E-state index contributed by atoms with van der Waals surface area (Å²) in [5.41, 5.74) is 0.566. The van der Waals surface area contributed by atoms with E-state index in [-0.39, 0.29) is 6.42 Å². The van der Waals surface area contributed by atoms with Crippen LogP contribution in [0.4, 0.5) is 5.69 Å². The second-order valence-corrected chi connectivity index (χ2v) is 3.15. The van der Waals surface area contributed by atoms with Crippen LogP contribution in [-0.4, -0.2) is 30.2 Å². The van der Waals surface area contributed by atoms with Crippen LogP contribution in [0.2, 0.25) is 0 Å². The van der Waals surface area contributed by atoms with Gasteiger partial charge in [-0.1, -0.05) is 18.2 Å². The number of aliphatic hydroxyl groups is 1. The maximum Gasteiger partial charge on any atom is 0.308 e. The minimum atomic E-state index is -1.40. The van der Waals surface area contributed by atoms with Crippen molar-refractivity contribution in [2.24, 2.45) is 0 Å². The van der Waals surface area contributed by atoms with Crippen molar-refractivity contribution in [2.75, 3.05) is 12.4 Å². The topological polar surface area (TPSA) is 75.6 Å². The van der Waals surface area contributed by atoms with Gasteiger partial charge < -0.3 is 15.2 Å². The molecule has 0 saturated carbocycles. The van der Waals surface area contributed by atoms with Gasteiger partial charge in [-0.3, -0.25) is 9.59 Å². The van der Waals surface area contributed by atoms with E-state index >= 15 is 0 Å². The average Bonchev–Trinajstić information content (AvgIpc) is 2.30. The number of anilines is 1. The molecule has 0 bridgehead atoms. The van der Waals surface area contributed by atoms with Crippen LogP contribution in [0.1, 0.15) is 6.42 Å². The first-order valence-corrected chi connectivity index (χ1v) is 4.74. The van der Waals surface area contributed by atoms with Crippen LogP contribution in [0, 0.1) is 0 Å². The summed E-state index contributed by atoms with van der Waals surface area (Å²) in [6, 6.07) is 8.68. The summed E-state index contributed by atoms with van der Waals surface area (Å²) >= 11 is 0. The van der Waals surface area contributed by atoms with Crippen molar-refractivity contribution in [3.63, 3.8) is 0 Å². The molecule has 5 nitrogen and oxygen atoms in total. The molecule has 0 radical (unpaired) electrons. The Hall–Kier alpha value is -1.88. The Morgan fingerprint density at radius 3 is 2.56 bits per heavy atom. The Labute approximate surface area is 93.0 Å². The lowest BCUT2D eigenvalue weighted by atomic mass is 10.2. The fraction of sp³-hybridized carbons (Fsp3) is 0.273. The highest BCUT2D eigenvalue weighted by Crippen LogP contribution is 2.06. The van der Waals surface area contributed by atoms with Crippen LogP contribution in [0.3, 0.4) is 0 Å². The van der Waals surface area contributed by atoms with Crippen molar-refractivity contribution in [2.45, 2.75) is 12.5 Å². The van der Waals surface area contributed by atoms with Gasteiger partial charge in [0.2, 0.25) is 0 Å². The maximum absolute atomic E-state index is 11.4. The van der Waals surface area contributed by atoms with Crippen molar-refractivity contribution in [1.82, 2.24) is 0 Å². The van der Waals surface area contributed by atoms with E-state index in [1.54, 1.807) is 30.3 Å². The first-order chi connectivity index (χ1) is 7.63. The zero-order valence-corrected chi connectivity index (χ0v) is 8.84. The van der Waals surface area contributed by atoms with Crippen molar-refractivity contribution >= 4 is 17.6 Å². The van der Waals surface area contributed by atoms with Gasteiger partial charge >= 0.3 is 5.97 Å². The molecule has 0 unspecified atom stereocenters. The Morgan fingerprint density at radius 1 is 1.38 bits per heavy atom. The molecular formula is C11H13NO4. The number of para-hydroxylation sites is 1. The highest BCUT2D eigenvalue weighted by Gasteiger charge is 2.19. The number of nitrogens with one attached hydrogen (secondary N) is 1. The number of carbonyl (C=O) groups is 2. The second-order valence-electron chi connectivity index (χ2n) is 3.15. The molecule has 0 spiro atoms. The van der Waals surface area contributed by atoms with Crippen molar-refractivity contribution in [1.29, 1.82) is 0 Å².